The molecule has 1 aliphatic rings. The normalized spacial score (nSPS) is 20.5. The smallest absolute Gasteiger partial charge is 0.186 e. The van der Waals surface area contributed by atoms with E-state index in [0.29, 0.717) is 6.04 Å². The number of rotatable bonds is 10. The second kappa shape index (κ2) is 9.58. The van der Waals surface area contributed by atoms with Crippen LogP contribution in [0.15, 0.2) is 0 Å². The first-order valence-electron chi connectivity index (χ1n) is 7.24. The first kappa shape index (κ1) is 16.8. The van der Waals surface area contributed by atoms with Gasteiger partial charge in [0.2, 0.25) is 0 Å². The Morgan fingerprint density at radius 3 is 2.78 bits per heavy atom. The van der Waals surface area contributed by atoms with Crippen LogP contribution in [0.4, 0.5) is 0 Å². The van der Waals surface area contributed by atoms with Crippen LogP contribution in [0.5, 0.6) is 0 Å². The van der Waals surface area contributed by atoms with Crippen molar-refractivity contribution in [2.24, 2.45) is 0 Å². The monoisotopic (exact) mass is 302 g/mol. The summed E-state index contributed by atoms with van der Waals surface area (Å²) in [5.74, 6) is 2.59. The Labute approximate surface area is 122 Å². The zero-order valence-corrected chi connectivity index (χ0v) is 14.8. The third-order valence-electron chi connectivity index (χ3n) is 3.37. The van der Waals surface area contributed by atoms with Crippen LogP contribution in [0.3, 0.4) is 0 Å². The lowest BCUT2D eigenvalue weighted by molar-refractivity contribution is 0.267. The number of hydrogen-bond donors (Lipinski definition) is 1. The molecule has 0 aromatic heterocycles. The summed E-state index contributed by atoms with van der Waals surface area (Å²) in [4.78, 5) is 0. The third kappa shape index (κ3) is 7.99. The van der Waals surface area contributed by atoms with Gasteiger partial charge in [0, 0.05) is 22.9 Å². The van der Waals surface area contributed by atoms with Crippen molar-refractivity contribution in [3.05, 3.63) is 0 Å². The van der Waals surface area contributed by atoms with Crippen LogP contribution >= 0.6 is 11.8 Å². The molecule has 0 aromatic carbocycles. The van der Waals surface area contributed by atoms with Crippen LogP contribution in [-0.4, -0.2) is 49.3 Å². The Kier molecular flexibility index (Phi) is 8.92. The average Bonchev–Trinajstić information content (AvgIpc) is 2.84. The molecule has 1 atom stereocenters. The fraction of sp³-hybridized carbons (Fsp3) is 1.00. The van der Waals surface area contributed by atoms with Crippen molar-refractivity contribution < 1.29 is 4.43 Å². The van der Waals surface area contributed by atoms with Gasteiger partial charge >= 0.3 is 0 Å². The van der Waals surface area contributed by atoms with Crippen molar-refractivity contribution in [2.45, 2.75) is 56.9 Å². The van der Waals surface area contributed by atoms with E-state index in [9.17, 15) is 0 Å². The predicted octanol–water partition coefficient (Wildman–Crippen LogP) is 3.06. The number of thioether (sulfide) groups is 1. The third-order valence-corrected chi connectivity index (χ3v) is 7.38. The lowest BCUT2D eigenvalue weighted by Gasteiger charge is -2.25. The molecule has 1 heterocycles. The number of nitrogens with one attached hydrogen (secondary N) is 1. The zero-order valence-electron chi connectivity index (χ0n) is 12.0. The van der Waals surface area contributed by atoms with Crippen molar-refractivity contribution >= 4 is 30.3 Å². The predicted molar refractivity (Wildman–Crippen MR) is 86.4 cm³/mol. The minimum absolute atomic E-state index is 0.630. The molecule has 0 spiro atoms. The van der Waals surface area contributed by atoms with E-state index >= 15 is 0 Å². The summed E-state index contributed by atoms with van der Waals surface area (Å²) in [6, 6.07) is 3.07. The van der Waals surface area contributed by atoms with Crippen LogP contribution < -0.4 is 5.32 Å². The van der Waals surface area contributed by atoms with Gasteiger partial charge in [-0.05, 0) is 62.9 Å². The van der Waals surface area contributed by atoms with Gasteiger partial charge in [-0.1, -0.05) is 6.04 Å². The molecule has 0 unspecified atom stereocenters. The maximum atomic E-state index is 6.20. The molecule has 18 heavy (non-hydrogen) atoms. The van der Waals surface area contributed by atoms with Crippen molar-refractivity contribution in [1.29, 1.82) is 0 Å². The molecule has 0 aromatic rings. The van der Waals surface area contributed by atoms with E-state index in [2.05, 4.69) is 40.4 Å². The van der Waals surface area contributed by atoms with E-state index in [1.165, 1.54) is 49.8 Å². The molecular weight excluding hydrogens is 274 g/mol. The van der Waals surface area contributed by atoms with Gasteiger partial charge in [0.15, 0.2) is 8.32 Å². The quantitative estimate of drug-likeness (QED) is 0.495. The highest BCUT2D eigenvalue weighted by Crippen LogP contribution is 2.18. The van der Waals surface area contributed by atoms with Gasteiger partial charge in [0.05, 0.1) is 0 Å². The van der Waals surface area contributed by atoms with E-state index in [1.807, 2.05) is 0 Å². The highest BCUT2D eigenvalue weighted by atomic mass is 32.2. The van der Waals surface area contributed by atoms with Gasteiger partial charge in [-0.15, -0.1) is 0 Å². The van der Waals surface area contributed by atoms with Crippen LogP contribution in [0, 0.1) is 0 Å². The second-order valence-electron chi connectivity index (χ2n) is 5.68. The Balaban J connectivity index is 1.99. The van der Waals surface area contributed by atoms with Crippen LogP contribution in [-0.2, 0) is 4.43 Å². The van der Waals surface area contributed by atoms with Gasteiger partial charge in [-0.2, -0.15) is 11.8 Å². The highest BCUT2D eigenvalue weighted by Gasteiger charge is 2.24. The molecule has 2 nitrogen and oxygen atoms in total. The Hall–Kier alpha value is 0.704. The minimum atomic E-state index is -1.40. The second-order valence-corrected chi connectivity index (χ2v) is 11.7. The van der Waals surface area contributed by atoms with Crippen molar-refractivity contribution in [2.75, 3.05) is 24.7 Å². The summed E-state index contributed by atoms with van der Waals surface area (Å²) in [6.07, 6.45) is 5.22. The molecule has 1 N–H and O–H groups in total. The summed E-state index contributed by atoms with van der Waals surface area (Å²) in [7, 11) is 2.11. The number of hydrogen-bond acceptors (Lipinski definition) is 3. The molecule has 105 valence electrons. The molecular formula is C13H28NOSSi2. The lowest BCUT2D eigenvalue weighted by atomic mass is 10.2. The van der Waals surface area contributed by atoms with Gasteiger partial charge in [-0.3, -0.25) is 0 Å². The molecule has 1 aliphatic heterocycles. The Morgan fingerprint density at radius 1 is 1.33 bits per heavy atom. The summed E-state index contributed by atoms with van der Waals surface area (Å²) >= 11 is 2.09. The lowest BCUT2D eigenvalue weighted by Crippen LogP contribution is -2.37. The minimum Gasteiger partial charge on any atom is -0.416 e. The molecule has 0 saturated carbocycles. The molecule has 1 fully saturated rings. The largest absolute Gasteiger partial charge is 0.416 e. The van der Waals surface area contributed by atoms with Gasteiger partial charge in [0.1, 0.15) is 0 Å². The van der Waals surface area contributed by atoms with Crippen LogP contribution in [0.2, 0.25) is 25.2 Å². The first-order valence-corrected chi connectivity index (χ1v) is 12.2. The van der Waals surface area contributed by atoms with E-state index in [4.69, 9.17) is 4.43 Å². The summed E-state index contributed by atoms with van der Waals surface area (Å²) < 4.78 is 6.20. The van der Waals surface area contributed by atoms with Gasteiger partial charge in [0.25, 0.3) is 0 Å². The molecule has 3 radical (unpaired) electrons. The molecule has 0 aliphatic carbocycles. The maximum absolute atomic E-state index is 6.20. The fourth-order valence-corrected chi connectivity index (χ4v) is 5.59. The Morgan fingerprint density at radius 2 is 2.11 bits per heavy atom. The molecule has 0 bridgehead atoms. The molecule has 5 heteroatoms. The molecule has 1 saturated heterocycles. The Bertz CT molecular complexity index is 211. The van der Waals surface area contributed by atoms with E-state index in [-0.39, 0.29) is 0 Å². The molecule has 1 rings (SSSR count). The van der Waals surface area contributed by atoms with Crippen LogP contribution in [0.1, 0.15) is 25.7 Å². The highest BCUT2D eigenvalue weighted by molar-refractivity contribution is 7.99. The summed E-state index contributed by atoms with van der Waals surface area (Å²) in [6.45, 7) is 6.85. The standard InChI is InChI=1S/C13H28NOSSi2/c1-18(2,11-5-9-16-8-4-10-17)15-12-13-6-3-7-14-13/h13-14H,3-12H2,1-2H3/t13-/m1/s1. The topological polar surface area (TPSA) is 21.3 Å². The van der Waals surface area contributed by atoms with Crippen molar-refractivity contribution in [3.8, 4) is 0 Å². The van der Waals surface area contributed by atoms with Crippen molar-refractivity contribution in [1.82, 2.24) is 5.32 Å². The van der Waals surface area contributed by atoms with E-state index in [1.54, 1.807) is 0 Å². The van der Waals surface area contributed by atoms with Gasteiger partial charge < -0.3 is 9.74 Å². The zero-order chi connectivity index (χ0) is 13.3. The first-order chi connectivity index (χ1) is 8.64. The summed E-state index contributed by atoms with van der Waals surface area (Å²) in [5, 5.41) is 3.51. The van der Waals surface area contributed by atoms with Gasteiger partial charge in [-0.25, -0.2) is 0 Å². The van der Waals surface area contributed by atoms with E-state index < -0.39 is 8.32 Å². The van der Waals surface area contributed by atoms with E-state index in [0.717, 1.165) is 12.7 Å². The fourth-order valence-electron chi connectivity index (χ4n) is 2.17. The maximum Gasteiger partial charge on any atom is 0.186 e. The summed E-state index contributed by atoms with van der Waals surface area (Å²) in [5.41, 5.74) is 0. The SMILES string of the molecule is C[Si](C)(CCCSCCC[Si])OC[C@H]1CCCN1. The average molecular weight is 303 g/mol. The van der Waals surface area contributed by atoms with Crippen LogP contribution in [0.25, 0.3) is 0 Å². The molecule has 0 amide bonds. The van der Waals surface area contributed by atoms with Crippen molar-refractivity contribution in [3.63, 3.8) is 0 Å².